The van der Waals surface area contributed by atoms with Gasteiger partial charge in [-0.2, -0.15) is 4.68 Å². The van der Waals surface area contributed by atoms with Crippen LogP contribution in [-0.2, 0) is 4.79 Å². The number of hydrogen-bond donors (Lipinski definition) is 1. The third-order valence-electron chi connectivity index (χ3n) is 6.00. The lowest BCUT2D eigenvalue weighted by molar-refractivity contribution is -0.113. The Kier molecular flexibility index (Phi) is 8.40. The Hall–Kier alpha value is -3.22. The number of carbonyl (C=O) groups excluding carboxylic acids is 2. The van der Waals surface area contributed by atoms with Crippen LogP contribution >= 0.6 is 43.6 Å². The Balaban J connectivity index is 1.11. The number of aromatic nitrogens is 4. The molecule has 1 aliphatic heterocycles. The molecule has 1 aliphatic rings. The second kappa shape index (κ2) is 12.1. The van der Waals surface area contributed by atoms with Crippen molar-refractivity contribution in [3.05, 3.63) is 87.3 Å². The third-order valence-corrected chi connectivity index (χ3v) is 7.94. The summed E-state index contributed by atoms with van der Waals surface area (Å²) in [5.74, 6) is 0.0765. The molecule has 2 amide bonds. The van der Waals surface area contributed by atoms with Crippen LogP contribution in [0.2, 0.25) is 0 Å². The predicted octanol–water partition coefficient (Wildman–Crippen LogP) is 4.88. The van der Waals surface area contributed by atoms with E-state index < -0.39 is 0 Å². The Bertz CT molecular complexity index is 1420. The minimum absolute atomic E-state index is 0.0488. The van der Waals surface area contributed by atoms with E-state index in [-0.39, 0.29) is 17.6 Å². The number of halogens is 2. The molecule has 0 aliphatic carbocycles. The fourth-order valence-corrected chi connectivity index (χ4v) is 5.42. The van der Waals surface area contributed by atoms with Crippen molar-refractivity contribution in [2.45, 2.75) is 5.16 Å². The van der Waals surface area contributed by atoms with Crippen LogP contribution in [0.1, 0.15) is 10.4 Å². The third kappa shape index (κ3) is 6.43. The highest BCUT2D eigenvalue weighted by atomic mass is 79.9. The molecule has 1 fully saturated rings. The Morgan fingerprint density at radius 3 is 2.29 bits per heavy atom. The van der Waals surface area contributed by atoms with Crippen molar-refractivity contribution >= 4 is 66.8 Å². The summed E-state index contributed by atoms with van der Waals surface area (Å²) in [5.41, 5.74) is 3.28. The minimum Gasteiger partial charge on any atom is -0.368 e. The van der Waals surface area contributed by atoms with Crippen LogP contribution in [0, 0.1) is 0 Å². The number of carbonyl (C=O) groups is 2. The maximum Gasteiger partial charge on any atom is 0.254 e. The maximum atomic E-state index is 12.8. The normalized spacial score (nSPS) is 13.4. The van der Waals surface area contributed by atoms with E-state index in [0.29, 0.717) is 23.8 Å². The molecule has 0 bridgehead atoms. The summed E-state index contributed by atoms with van der Waals surface area (Å²) in [4.78, 5) is 29.5. The van der Waals surface area contributed by atoms with E-state index in [0.717, 1.165) is 39.1 Å². The van der Waals surface area contributed by atoms with Crippen molar-refractivity contribution in [2.75, 3.05) is 42.1 Å². The fraction of sp³-hybridized carbons (Fsp3) is 0.192. The number of amides is 2. The fourth-order valence-electron chi connectivity index (χ4n) is 4.07. The van der Waals surface area contributed by atoms with Gasteiger partial charge in [0, 0.05) is 52.1 Å². The summed E-state index contributed by atoms with van der Waals surface area (Å²) >= 11 is 8.11. The van der Waals surface area contributed by atoms with Gasteiger partial charge < -0.3 is 15.1 Å². The quantitative estimate of drug-likeness (QED) is 0.283. The predicted molar refractivity (Wildman–Crippen MR) is 155 cm³/mol. The highest BCUT2D eigenvalue weighted by molar-refractivity contribution is 9.10. The summed E-state index contributed by atoms with van der Waals surface area (Å²) in [7, 11) is 0. The van der Waals surface area contributed by atoms with Gasteiger partial charge >= 0.3 is 0 Å². The molecule has 12 heteroatoms. The van der Waals surface area contributed by atoms with E-state index in [4.69, 9.17) is 0 Å². The van der Waals surface area contributed by atoms with Crippen molar-refractivity contribution < 1.29 is 9.59 Å². The molecular weight excluding hydrogens is 634 g/mol. The first-order chi connectivity index (χ1) is 18.5. The summed E-state index contributed by atoms with van der Waals surface area (Å²) in [5, 5.41) is 15.3. The van der Waals surface area contributed by atoms with Gasteiger partial charge in [0.1, 0.15) is 0 Å². The van der Waals surface area contributed by atoms with Gasteiger partial charge in [-0.3, -0.25) is 9.59 Å². The monoisotopic (exact) mass is 655 g/mol. The molecule has 2 heterocycles. The van der Waals surface area contributed by atoms with Gasteiger partial charge in [0.2, 0.25) is 11.1 Å². The van der Waals surface area contributed by atoms with Crippen molar-refractivity contribution in [3.63, 3.8) is 0 Å². The van der Waals surface area contributed by atoms with Crippen LogP contribution in [0.25, 0.3) is 5.69 Å². The number of nitrogens with zero attached hydrogens (tertiary/aromatic N) is 6. The lowest BCUT2D eigenvalue weighted by atomic mass is 10.1. The van der Waals surface area contributed by atoms with Gasteiger partial charge in [-0.05, 0) is 77.2 Å². The molecule has 0 spiro atoms. The van der Waals surface area contributed by atoms with Gasteiger partial charge in [-0.1, -0.05) is 49.7 Å². The molecule has 9 nitrogen and oxygen atoms in total. The molecule has 0 saturated carbocycles. The SMILES string of the molecule is O=C(CSc1nnnn1-c1ccc(Br)cc1)Nc1ccc(N2CCN(C(=O)c3cccc(Br)c3)CC2)cc1. The number of thioether (sulfide) groups is 1. The second-order valence-electron chi connectivity index (χ2n) is 8.52. The molecule has 1 saturated heterocycles. The summed E-state index contributed by atoms with van der Waals surface area (Å²) in [6, 6.07) is 22.8. The lowest BCUT2D eigenvalue weighted by Crippen LogP contribution is -2.48. The van der Waals surface area contributed by atoms with Crippen LogP contribution in [0.3, 0.4) is 0 Å². The number of hydrogen-bond acceptors (Lipinski definition) is 7. The van der Waals surface area contributed by atoms with Crippen molar-refractivity contribution in [1.29, 1.82) is 0 Å². The van der Waals surface area contributed by atoms with Crippen LogP contribution < -0.4 is 10.2 Å². The molecule has 1 N–H and O–H groups in total. The number of piperazine rings is 1. The summed E-state index contributed by atoms with van der Waals surface area (Å²) < 4.78 is 3.46. The lowest BCUT2D eigenvalue weighted by Gasteiger charge is -2.36. The number of benzene rings is 3. The number of tetrazole rings is 1. The van der Waals surface area contributed by atoms with E-state index in [1.807, 2.05) is 77.7 Å². The Morgan fingerprint density at radius 2 is 1.58 bits per heavy atom. The van der Waals surface area contributed by atoms with E-state index in [1.165, 1.54) is 11.8 Å². The zero-order chi connectivity index (χ0) is 26.5. The average molecular weight is 657 g/mol. The van der Waals surface area contributed by atoms with Crippen LogP contribution in [0.5, 0.6) is 0 Å². The van der Waals surface area contributed by atoms with Crippen LogP contribution in [0.4, 0.5) is 11.4 Å². The van der Waals surface area contributed by atoms with Gasteiger partial charge in [0.05, 0.1) is 11.4 Å². The van der Waals surface area contributed by atoms with E-state index in [1.54, 1.807) is 4.68 Å². The van der Waals surface area contributed by atoms with Gasteiger partial charge in [-0.15, -0.1) is 5.10 Å². The first-order valence-electron chi connectivity index (χ1n) is 11.8. The number of anilines is 2. The smallest absolute Gasteiger partial charge is 0.254 e. The molecule has 0 radical (unpaired) electrons. The van der Waals surface area contributed by atoms with Crippen LogP contribution in [0.15, 0.2) is 86.9 Å². The average Bonchev–Trinajstić information content (AvgIpc) is 3.41. The zero-order valence-electron chi connectivity index (χ0n) is 20.1. The first-order valence-corrected chi connectivity index (χ1v) is 14.4. The van der Waals surface area contributed by atoms with Gasteiger partial charge in [0.15, 0.2) is 0 Å². The largest absolute Gasteiger partial charge is 0.368 e. The molecule has 0 atom stereocenters. The van der Waals surface area contributed by atoms with Crippen molar-refractivity contribution in [2.24, 2.45) is 0 Å². The minimum atomic E-state index is -0.146. The highest BCUT2D eigenvalue weighted by Gasteiger charge is 2.22. The highest BCUT2D eigenvalue weighted by Crippen LogP contribution is 2.23. The summed E-state index contributed by atoms with van der Waals surface area (Å²) in [6.07, 6.45) is 0. The Morgan fingerprint density at radius 1 is 0.868 bits per heavy atom. The molecule has 3 aromatic carbocycles. The topological polar surface area (TPSA) is 96.2 Å². The second-order valence-corrected chi connectivity index (χ2v) is 11.3. The Labute approximate surface area is 240 Å². The van der Waals surface area contributed by atoms with Crippen molar-refractivity contribution in [3.8, 4) is 5.69 Å². The standard InChI is InChI=1S/C26H23Br2N7O2S/c27-19-4-8-23(9-5-19)35-26(30-31-32-35)38-17-24(36)29-21-6-10-22(11-7-21)33-12-14-34(15-13-33)25(37)18-2-1-3-20(28)16-18/h1-11,16H,12-15,17H2,(H,29,36). The zero-order valence-corrected chi connectivity index (χ0v) is 24.1. The molecule has 194 valence electrons. The van der Waals surface area contributed by atoms with Gasteiger partial charge in [0.25, 0.3) is 5.91 Å². The van der Waals surface area contributed by atoms with Crippen LogP contribution in [-0.4, -0.2) is 68.9 Å². The van der Waals surface area contributed by atoms with E-state index >= 15 is 0 Å². The molecule has 5 rings (SSSR count). The summed E-state index contributed by atoms with van der Waals surface area (Å²) in [6.45, 7) is 2.80. The number of rotatable bonds is 7. The number of nitrogens with one attached hydrogen (secondary N) is 1. The first kappa shape index (κ1) is 26.4. The molecule has 4 aromatic rings. The molecular formula is C26H23Br2N7O2S. The van der Waals surface area contributed by atoms with Gasteiger partial charge in [-0.25, -0.2) is 0 Å². The van der Waals surface area contributed by atoms with E-state index in [2.05, 4.69) is 57.6 Å². The molecule has 0 unspecified atom stereocenters. The van der Waals surface area contributed by atoms with E-state index in [9.17, 15) is 9.59 Å². The molecule has 1 aromatic heterocycles. The maximum absolute atomic E-state index is 12.8. The van der Waals surface area contributed by atoms with Crippen molar-refractivity contribution in [1.82, 2.24) is 25.1 Å². The molecule has 38 heavy (non-hydrogen) atoms.